The molecule has 3 aromatic carbocycles. The Morgan fingerprint density at radius 3 is 1.93 bits per heavy atom. The van der Waals surface area contributed by atoms with Gasteiger partial charge in [-0.3, -0.25) is 4.79 Å². The van der Waals surface area contributed by atoms with Gasteiger partial charge in [-0.15, -0.1) is 10.2 Å². The summed E-state index contributed by atoms with van der Waals surface area (Å²) in [7, 11) is 6.06. The molecule has 4 rings (SSSR count). The van der Waals surface area contributed by atoms with Gasteiger partial charge in [-0.25, -0.2) is 4.98 Å². The van der Waals surface area contributed by atoms with Gasteiger partial charge in [0.15, 0.2) is 23.0 Å². The number of nitrogens with zero attached hydrogens (tertiary/aromatic N) is 3. The molecule has 9 nitrogen and oxygen atoms in total. The van der Waals surface area contributed by atoms with E-state index in [0.29, 0.717) is 45.5 Å². The van der Waals surface area contributed by atoms with Crippen molar-refractivity contribution in [3.8, 4) is 45.5 Å². The minimum atomic E-state index is -4.59. The van der Waals surface area contributed by atoms with Crippen LogP contribution in [-0.4, -0.2) is 55.3 Å². The second-order valence-corrected chi connectivity index (χ2v) is 9.81. The highest BCUT2D eigenvalue weighted by molar-refractivity contribution is 7.99. The number of hydrogen-bond donors (Lipinski definition) is 1. The smallest absolute Gasteiger partial charge is 0.416 e. The van der Waals surface area contributed by atoms with E-state index in [4.69, 9.17) is 30.5 Å². The van der Waals surface area contributed by atoms with Crippen LogP contribution in [0.25, 0.3) is 22.5 Å². The zero-order valence-corrected chi connectivity index (χ0v) is 24.3. The fraction of sp³-hybridized carbons (Fsp3) is 0.214. The van der Waals surface area contributed by atoms with Gasteiger partial charge in [0.2, 0.25) is 11.1 Å². The first-order valence-electron chi connectivity index (χ1n) is 12.1. The maximum absolute atomic E-state index is 13.1. The molecular weight excluding hydrogens is 597 g/mol. The lowest BCUT2D eigenvalue weighted by molar-refractivity contribution is -0.137. The molecule has 0 aliphatic heterocycles. The number of methoxy groups -OCH3 is 4. The zero-order valence-electron chi connectivity index (χ0n) is 22.7. The Labute approximate surface area is 248 Å². The molecule has 0 atom stereocenters. The van der Waals surface area contributed by atoms with E-state index in [9.17, 15) is 18.0 Å². The molecule has 1 amide bonds. The molecule has 0 spiro atoms. The van der Waals surface area contributed by atoms with Crippen LogP contribution in [0.1, 0.15) is 5.56 Å². The number of hydrogen-bond acceptors (Lipinski definition) is 9. The average Bonchev–Trinajstić information content (AvgIpc) is 2.99. The van der Waals surface area contributed by atoms with E-state index in [1.165, 1.54) is 28.4 Å². The van der Waals surface area contributed by atoms with Crippen molar-refractivity contribution in [2.75, 3.05) is 39.5 Å². The maximum atomic E-state index is 13.1. The second kappa shape index (κ2) is 13.2. The van der Waals surface area contributed by atoms with E-state index in [0.717, 1.165) is 30.0 Å². The van der Waals surface area contributed by atoms with E-state index in [-0.39, 0.29) is 21.6 Å². The summed E-state index contributed by atoms with van der Waals surface area (Å²) in [6, 6.07) is 13.1. The second-order valence-electron chi connectivity index (χ2n) is 8.46. The van der Waals surface area contributed by atoms with E-state index in [1.54, 1.807) is 36.4 Å². The number of aromatic nitrogens is 3. The summed E-state index contributed by atoms with van der Waals surface area (Å²) in [6.07, 6.45) is -4.59. The number of alkyl halides is 3. The highest BCUT2D eigenvalue weighted by Crippen LogP contribution is 2.38. The van der Waals surface area contributed by atoms with Crippen molar-refractivity contribution in [1.82, 2.24) is 15.2 Å². The number of ether oxygens (including phenoxy) is 4. The van der Waals surface area contributed by atoms with Crippen molar-refractivity contribution >= 4 is 35.0 Å². The molecule has 1 aromatic heterocycles. The molecule has 0 aliphatic carbocycles. The summed E-state index contributed by atoms with van der Waals surface area (Å²) in [6.45, 7) is 0. The summed E-state index contributed by atoms with van der Waals surface area (Å²) in [5.41, 5.74) is 0.980. The van der Waals surface area contributed by atoms with Gasteiger partial charge < -0.3 is 24.3 Å². The lowest BCUT2D eigenvalue weighted by Crippen LogP contribution is -2.16. The van der Waals surface area contributed by atoms with Crippen LogP contribution in [0, 0.1) is 0 Å². The fourth-order valence-corrected chi connectivity index (χ4v) is 4.60. The minimum Gasteiger partial charge on any atom is -0.493 e. The summed E-state index contributed by atoms with van der Waals surface area (Å²) in [4.78, 5) is 17.3. The van der Waals surface area contributed by atoms with Crippen LogP contribution in [0.4, 0.5) is 18.9 Å². The standard InChI is InChI=1S/C28H24ClF3N4O5S/c1-38-20-9-5-15(11-22(20)40-3)25-26(16-6-10-21(39-2)23(12-16)41-4)35-36-27(34-25)42-14-24(37)33-19-13-17(28(30,31)32)7-8-18(19)29/h5-13H,14H2,1-4H3,(H,33,37). The van der Waals surface area contributed by atoms with Crippen molar-refractivity contribution < 1.29 is 36.9 Å². The van der Waals surface area contributed by atoms with Crippen LogP contribution in [0.3, 0.4) is 0 Å². The predicted octanol–water partition coefficient (Wildman–Crippen LogP) is 6.64. The van der Waals surface area contributed by atoms with Crippen LogP contribution in [0.2, 0.25) is 5.02 Å². The van der Waals surface area contributed by atoms with Gasteiger partial charge in [-0.1, -0.05) is 23.4 Å². The third-order valence-electron chi connectivity index (χ3n) is 5.88. The normalized spacial score (nSPS) is 11.1. The number of rotatable bonds is 10. The number of amides is 1. The SMILES string of the molecule is COc1ccc(-c2nnc(SCC(=O)Nc3cc(C(F)(F)F)ccc3Cl)nc2-c2ccc(OC)c(OC)c2)cc1OC. The van der Waals surface area contributed by atoms with E-state index >= 15 is 0 Å². The van der Waals surface area contributed by atoms with Gasteiger partial charge in [0, 0.05) is 11.1 Å². The monoisotopic (exact) mass is 620 g/mol. The molecule has 42 heavy (non-hydrogen) atoms. The summed E-state index contributed by atoms with van der Waals surface area (Å²) in [5.74, 6) is 1.12. The molecule has 14 heteroatoms. The topological polar surface area (TPSA) is 105 Å². The van der Waals surface area contributed by atoms with Crippen LogP contribution >= 0.6 is 23.4 Å². The van der Waals surface area contributed by atoms with Gasteiger partial charge in [0.05, 0.1) is 50.5 Å². The molecule has 0 saturated carbocycles. The number of benzene rings is 3. The number of nitrogens with one attached hydrogen (secondary N) is 1. The van der Waals surface area contributed by atoms with Gasteiger partial charge in [0.25, 0.3) is 0 Å². The highest BCUT2D eigenvalue weighted by atomic mass is 35.5. The van der Waals surface area contributed by atoms with Gasteiger partial charge >= 0.3 is 6.18 Å². The Kier molecular flexibility index (Phi) is 9.63. The van der Waals surface area contributed by atoms with E-state index in [2.05, 4.69) is 20.5 Å². The van der Waals surface area contributed by atoms with Crippen LogP contribution in [0.5, 0.6) is 23.0 Å². The van der Waals surface area contributed by atoms with Gasteiger partial charge in [-0.2, -0.15) is 13.2 Å². The molecule has 1 N–H and O–H groups in total. The van der Waals surface area contributed by atoms with E-state index in [1.807, 2.05) is 0 Å². The molecule has 0 fully saturated rings. The fourth-order valence-electron chi connectivity index (χ4n) is 3.85. The van der Waals surface area contributed by atoms with Crippen LogP contribution in [0.15, 0.2) is 59.8 Å². The van der Waals surface area contributed by atoms with E-state index < -0.39 is 17.6 Å². The molecule has 0 aliphatic rings. The Balaban J connectivity index is 1.66. The van der Waals surface area contributed by atoms with Crippen LogP contribution < -0.4 is 24.3 Å². The molecule has 0 bridgehead atoms. The first-order valence-corrected chi connectivity index (χ1v) is 13.4. The van der Waals surface area contributed by atoms with Crippen molar-refractivity contribution in [3.63, 3.8) is 0 Å². The highest BCUT2D eigenvalue weighted by Gasteiger charge is 2.31. The van der Waals surface area contributed by atoms with Crippen LogP contribution in [-0.2, 0) is 11.0 Å². The molecule has 220 valence electrons. The Hall–Kier alpha value is -4.23. The van der Waals surface area contributed by atoms with Crippen molar-refractivity contribution in [1.29, 1.82) is 0 Å². The third-order valence-corrected chi connectivity index (χ3v) is 7.05. The lowest BCUT2D eigenvalue weighted by atomic mass is 10.0. The Morgan fingerprint density at radius 2 is 1.38 bits per heavy atom. The molecule has 1 heterocycles. The number of carbonyl (C=O) groups is 1. The lowest BCUT2D eigenvalue weighted by Gasteiger charge is -2.14. The quantitative estimate of drug-likeness (QED) is 0.195. The first-order chi connectivity index (χ1) is 20.1. The summed E-state index contributed by atoms with van der Waals surface area (Å²) < 4.78 is 60.9. The van der Waals surface area contributed by atoms with Crippen molar-refractivity contribution in [2.45, 2.75) is 11.3 Å². The molecular formula is C28H24ClF3N4O5S. The zero-order chi connectivity index (χ0) is 30.4. The first kappa shape index (κ1) is 30.7. The maximum Gasteiger partial charge on any atom is 0.416 e. The number of carbonyl (C=O) groups excluding carboxylic acids is 1. The number of anilines is 1. The van der Waals surface area contributed by atoms with Crippen molar-refractivity contribution in [3.05, 3.63) is 65.2 Å². The third kappa shape index (κ3) is 6.97. The minimum absolute atomic E-state index is 0.0331. The molecule has 0 saturated heterocycles. The molecule has 4 aromatic rings. The molecule has 0 radical (unpaired) electrons. The predicted molar refractivity (Wildman–Crippen MR) is 153 cm³/mol. The number of thioether (sulfide) groups is 1. The average molecular weight is 621 g/mol. The number of halogens is 4. The molecule has 0 unspecified atom stereocenters. The van der Waals surface area contributed by atoms with Gasteiger partial charge in [-0.05, 0) is 54.6 Å². The van der Waals surface area contributed by atoms with Gasteiger partial charge in [0.1, 0.15) is 11.4 Å². The summed E-state index contributed by atoms with van der Waals surface area (Å²) in [5, 5.41) is 11.1. The Morgan fingerprint density at radius 1 is 0.810 bits per heavy atom. The Bertz CT molecular complexity index is 1610. The largest absolute Gasteiger partial charge is 0.493 e. The van der Waals surface area contributed by atoms with Crippen molar-refractivity contribution in [2.24, 2.45) is 0 Å². The summed E-state index contributed by atoms with van der Waals surface area (Å²) >= 11 is 6.94.